The zero-order valence-corrected chi connectivity index (χ0v) is 19.7. The Morgan fingerprint density at radius 1 is 1.12 bits per heavy atom. The number of fused-ring (bicyclic) bond motifs is 1. The van der Waals surface area contributed by atoms with E-state index in [4.69, 9.17) is 5.11 Å². The SMILES string of the molecule is CC.CNC(=O)c1nc2cc(C)c(C)cc2n(CCNCCCCCC(=O)O)c1=NC=O. The molecule has 9 nitrogen and oxygen atoms in total. The Morgan fingerprint density at radius 3 is 2.44 bits per heavy atom. The Morgan fingerprint density at radius 2 is 1.81 bits per heavy atom. The van der Waals surface area contributed by atoms with Crippen LogP contribution in [0, 0.1) is 13.8 Å². The molecule has 0 radical (unpaired) electrons. The van der Waals surface area contributed by atoms with Crippen molar-refractivity contribution in [2.24, 2.45) is 4.99 Å². The molecule has 32 heavy (non-hydrogen) atoms. The third kappa shape index (κ3) is 7.56. The van der Waals surface area contributed by atoms with Crippen molar-refractivity contribution in [2.75, 3.05) is 20.1 Å². The molecule has 0 aliphatic rings. The predicted octanol–water partition coefficient (Wildman–Crippen LogP) is 2.33. The van der Waals surface area contributed by atoms with Gasteiger partial charge in [-0.3, -0.25) is 14.4 Å². The lowest BCUT2D eigenvalue weighted by Gasteiger charge is -2.16. The highest BCUT2D eigenvalue weighted by Crippen LogP contribution is 2.17. The maximum absolute atomic E-state index is 12.4. The number of aliphatic carboxylic acids is 1. The van der Waals surface area contributed by atoms with Crippen molar-refractivity contribution in [3.05, 3.63) is 34.4 Å². The number of hydrogen-bond acceptors (Lipinski definition) is 5. The van der Waals surface area contributed by atoms with Crippen molar-refractivity contribution in [1.82, 2.24) is 20.2 Å². The Kier molecular flexibility index (Phi) is 11.9. The lowest BCUT2D eigenvalue weighted by molar-refractivity contribution is -0.137. The molecule has 2 aromatic rings. The van der Waals surface area contributed by atoms with E-state index in [0.717, 1.165) is 36.0 Å². The summed E-state index contributed by atoms with van der Waals surface area (Å²) in [5.74, 6) is -1.18. The van der Waals surface area contributed by atoms with Gasteiger partial charge in [-0.1, -0.05) is 20.3 Å². The Bertz CT molecular complexity index is 998. The molecule has 176 valence electrons. The summed E-state index contributed by atoms with van der Waals surface area (Å²) < 4.78 is 1.84. The molecule has 0 aliphatic carbocycles. The lowest BCUT2D eigenvalue weighted by Crippen LogP contribution is -2.36. The number of carboxylic acid groups (broad SMARTS) is 1. The summed E-state index contributed by atoms with van der Waals surface area (Å²) in [6.45, 7) is 9.83. The van der Waals surface area contributed by atoms with Gasteiger partial charge in [0.15, 0.2) is 11.2 Å². The van der Waals surface area contributed by atoms with Crippen LogP contribution in [-0.4, -0.2) is 53.1 Å². The van der Waals surface area contributed by atoms with Crippen LogP contribution in [0.5, 0.6) is 0 Å². The van der Waals surface area contributed by atoms with E-state index in [1.165, 1.54) is 7.05 Å². The van der Waals surface area contributed by atoms with E-state index in [9.17, 15) is 14.4 Å². The van der Waals surface area contributed by atoms with Gasteiger partial charge in [0, 0.05) is 26.6 Å². The highest BCUT2D eigenvalue weighted by Gasteiger charge is 2.16. The summed E-state index contributed by atoms with van der Waals surface area (Å²) in [5.41, 5.74) is 3.93. The van der Waals surface area contributed by atoms with E-state index in [2.05, 4.69) is 20.6 Å². The van der Waals surface area contributed by atoms with Crippen LogP contribution in [0.25, 0.3) is 11.0 Å². The van der Waals surface area contributed by atoms with E-state index in [1.54, 1.807) is 0 Å². The maximum Gasteiger partial charge on any atom is 0.303 e. The summed E-state index contributed by atoms with van der Waals surface area (Å²) in [5, 5.41) is 14.5. The molecule has 1 aromatic heterocycles. The van der Waals surface area contributed by atoms with Crippen LogP contribution in [0.2, 0.25) is 0 Å². The first-order valence-corrected chi connectivity index (χ1v) is 11.0. The summed E-state index contributed by atoms with van der Waals surface area (Å²) in [6.07, 6.45) is 2.99. The molecule has 3 N–H and O–H groups in total. The molecule has 1 aromatic carbocycles. The molecule has 1 heterocycles. The second-order valence-electron chi connectivity index (χ2n) is 7.13. The zero-order chi connectivity index (χ0) is 24.1. The highest BCUT2D eigenvalue weighted by atomic mass is 16.4. The van der Waals surface area contributed by atoms with Gasteiger partial charge in [-0.15, -0.1) is 0 Å². The molecule has 0 unspecified atom stereocenters. The van der Waals surface area contributed by atoms with Crippen LogP contribution >= 0.6 is 0 Å². The largest absolute Gasteiger partial charge is 0.481 e. The van der Waals surface area contributed by atoms with Crippen molar-refractivity contribution < 1.29 is 19.5 Å². The van der Waals surface area contributed by atoms with Gasteiger partial charge in [0.1, 0.15) is 0 Å². The fourth-order valence-electron chi connectivity index (χ4n) is 3.20. The fourth-order valence-corrected chi connectivity index (χ4v) is 3.20. The average Bonchev–Trinajstić information content (AvgIpc) is 2.78. The van der Waals surface area contributed by atoms with Crippen LogP contribution in [-0.2, 0) is 16.1 Å². The monoisotopic (exact) mass is 445 g/mol. The highest BCUT2D eigenvalue weighted by molar-refractivity contribution is 5.93. The normalized spacial score (nSPS) is 11.1. The summed E-state index contributed by atoms with van der Waals surface area (Å²) in [4.78, 5) is 42.5. The minimum atomic E-state index is -0.771. The van der Waals surface area contributed by atoms with E-state index < -0.39 is 11.9 Å². The first kappa shape index (κ1) is 27.0. The summed E-state index contributed by atoms with van der Waals surface area (Å²) in [7, 11) is 1.51. The quantitative estimate of drug-likeness (QED) is 0.360. The third-order valence-corrected chi connectivity index (χ3v) is 4.95. The number of rotatable bonds is 11. The van der Waals surface area contributed by atoms with Gasteiger partial charge in [0.2, 0.25) is 6.41 Å². The van der Waals surface area contributed by atoms with Gasteiger partial charge in [0.25, 0.3) is 5.91 Å². The number of carbonyl (C=O) groups is 3. The van der Waals surface area contributed by atoms with Gasteiger partial charge in [-0.05, 0) is 56.5 Å². The van der Waals surface area contributed by atoms with Gasteiger partial charge in [-0.25, -0.2) is 4.98 Å². The van der Waals surface area contributed by atoms with Crippen LogP contribution in [0.4, 0.5) is 0 Å². The van der Waals surface area contributed by atoms with Crippen molar-refractivity contribution >= 4 is 29.3 Å². The number of nitrogens with one attached hydrogen (secondary N) is 2. The number of benzene rings is 1. The number of aryl methyl sites for hydroxylation is 2. The number of aromatic nitrogens is 2. The molecule has 0 bridgehead atoms. The zero-order valence-electron chi connectivity index (χ0n) is 19.7. The van der Waals surface area contributed by atoms with E-state index in [0.29, 0.717) is 31.4 Å². The Balaban J connectivity index is 0.00000249. The van der Waals surface area contributed by atoms with Crippen molar-refractivity contribution in [3.63, 3.8) is 0 Å². The molecule has 0 aliphatic heterocycles. The summed E-state index contributed by atoms with van der Waals surface area (Å²) >= 11 is 0. The molecule has 9 heteroatoms. The van der Waals surface area contributed by atoms with Crippen LogP contribution in [0.3, 0.4) is 0 Å². The molecule has 0 spiro atoms. The van der Waals surface area contributed by atoms with Gasteiger partial charge in [-0.2, -0.15) is 4.99 Å². The molecular formula is C23H35N5O4. The maximum atomic E-state index is 12.4. The molecule has 0 saturated heterocycles. The second kappa shape index (κ2) is 14.1. The molecular weight excluding hydrogens is 410 g/mol. The fraction of sp³-hybridized carbons (Fsp3) is 0.522. The lowest BCUT2D eigenvalue weighted by atomic mass is 10.1. The number of amides is 2. The van der Waals surface area contributed by atoms with Gasteiger partial charge >= 0.3 is 5.97 Å². The number of nitrogens with zero attached hydrogens (tertiary/aromatic N) is 3. The van der Waals surface area contributed by atoms with Crippen molar-refractivity contribution in [1.29, 1.82) is 0 Å². The number of unbranched alkanes of at least 4 members (excludes halogenated alkanes) is 2. The van der Waals surface area contributed by atoms with Crippen LogP contribution < -0.4 is 16.1 Å². The van der Waals surface area contributed by atoms with Crippen LogP contribution in [0.1, 0.15) is 61.1 Å². The molecule has 0 saturated carbocycles. The van der Waals surface area contributed by atoms with E-state index >= 15 is 0 Å². The second-order valence-corrected chi connectivity index (χ2v) is 7.13. The average molecular weight is 446 g/mol. The standard InChI is InChI=1S/C21H29N5O4.C2H6/c1-14-11-16-17(12-15(14)2)26(10-9-23-8-6-4-5-7-18(28)29)20(24-13-27)19(25-16)21(30)22-3;1-2/h11-13,23H,4-10H2,1-3H3,(H,22,30)(H,28,29);1-2H3. The molecule has 2 amide bonds. The molecule has 0 atom stereocenters. The van der Waals surface area contributed by atoms with E-state index in [-0.39, 0.29) is 17.6 Å². The summed E-state index contributed by atoms with van der Waals surface area (Å²) in [6, 6.07) is 3.91. The Hall–Kier alpha value is -3.07. The van der Waals surface area contributed by atoms with Gasteiger partial charge in [0.05, 0.1) is 11.0 Å². The molecule has 0 fully saturated rings. The minimum Gasteiger partial charge on any atom is -0.481 e. The van der Waals surface area contributed by atoms with Crippen LogP contribution in [0.15, 0.2) is 17.1 Å². The van der Waals surface area contributed by atoms with Gasteiger partial charge < -0.3 is 20.3 Å². The third-order valence-electron chi connectivity index (χ3n) is 4.95. The van der Waals surface area contributed by atoms with Crippen molar-refractivity contribution in [2.45, 2.75) is 59.9 Å². The first-order chi connectivity index (χ1) is 15.4. The number of hydrogen-bond donors (Lipinski definition) is 3. The molecule has 2 rings (SSSR count). The minimum absolute atomic E-state index is 0.106. The Labute approximate surface area is 189 Å². The number of carbonyl (C=O) groups excluding carboxylic acids is 2. The predicted molar refractivity (Wildman–Crippen MR) is 125 cm³/mol. The first-order valence-electron chi connectivity index (χ1n) is 11.0. The van der Waals surface area contributed by atoms with Crippen molar-refractivity contribution in [3.8, 4) is 0 Å². The van der Waals surface area contributed by atoms with E-state index in [1.807, 2.05) is 44.4 Å². The topological polar surface area (TPSA) is 126 Å². The number of carboxylic acids is 1. The smallest absolute Gasteiger partial charge is 0.303 e.